The average molecular weight is 261 g/mol. The van der Waals surface area contributed by atoms with Crippen LogP contribution in [-0.4, -0.2) is 32.4 Å². The number of hydrogen-bond donors (Lipinski definition) is 2. The van der Waals surface area contributed by atoms with E-state index in [0.717, 1.165) is 5.69 Å². The van der Waals surface area contributed by atoms with Crippen LogP contribution in [0, 0.1) is 6.92 Å². The van der Waals surface area contributed by atoms with E-state index in [1.165, 1.54) is 0 Å². The van der Waals surface area contributed by atoms with Crippen LogP contribution in [0.3, 0.4) is 0 Å². The number of fused-ring (bicyclic) bond motifs is 1. The van der Waals surface area contributed by atoms with Gasteiger partial charge in [0.15, 0.2) is 0 Å². The zero-order chi connectivity index (χ0) is 14.0. The molecule has 6 heteroatoms. The van der Waals surface area contributed by atoms with Crippen molar-refractivity contribution in [2.75, 3.05) is 0 Å². The van der Waals surface area contributed by atoms with Gasteiger partial charge in [0.1, 0.15) is 17.4 Å². The van der Waals surface area contributed by atoms with Gasteiger partial charge in [-0.1, -0.05) is 13.0 Å². The van der Waals surface area contributed by atoms with Crippen molar-refractivity contribution in [1.82, 2.24) is 14.7 Å². The summed E-state index contributed by atoms with van der Waals surface area (Å²) >= 11 is 0. The normalized spacial score (nSPS) is 12.3. The molecule has 0 aliphatic rings. The second kappa shape index (κ2) is 5.09. The van der Waals surface area contributed by atoms with Gasteiger partial charge in [0.25, 0.3) is 5.91 Å². The summed E-state index contributed by atoms with van der Waals surface area (Å²) in [5.41, 5.74) is 1.83. The molecule has 2 heterocycles. The number of imidazole rings is 1. The van der Waals surface area contributed by atoms with Crippen molar-refractivity contribution in [2.24, 2.45) is 0 Å². The summed E-state index contributed by atoms with van der Waals surface area (Å²) in [4.78, 5) is 27.0. The lowest BCUT2D eigenvalue weighted by Gasteiger charge is -2.10. The van der Waals surface area contributed by atoms with Gasteiger partial charge in [-0.15, -0.1) is 0 Å². The summed E-state index contributed by atoms with van der Waals surface area (Å²) in [6.07, 6.45) is 1.93. The lowest BCUT2D eigenvalue weighted by molar-refractivity contribution is -0.139. The van der Waals surface area contributed by atoms with Crippen LogP contribution in [0.1, 0.15) is 29.5 Å². The number of carbonyl (C=O) groups is 2. The molecule has 19 heavy (non-hydrogen) atoms. The maximum absolute atomic E-state index is 11.9. The zero-order valence-corrected chi connectivity index (χ0v) is 10.8. The number of carbonyl (C=O) groups excluding carboxylic acids is 1. The number of nitrogens with zero attached hydrogens (tertiary/aromatic N) is 2. The van der Waals surface area contributed by atoms with E-state index in [1.807, 2.05) is 19.1 Å². The maximum Gasteiger partial charge on any atom is 0.326 e. The third-order valence-electron chi connectivity index (χ3n) is 2.94. The Morgan fingerprint density at radius 3 is 2.79 bits per heavy atom. The smallest absolute Gasteiger partial charge is 0.326 e. The standard InChI is InChI=1S/C13H15N3O3/c1-3-9(13(18)19)15-12(17)10-7-16-8(2)5-4-6-11(16)14-10/h4-7,9H,3H2,1-2H3,(H,15,17)(H,18,19). The minimum Gasteiger partial charge on any atom is -0.480 e. The van der Waals surface area contributed by atoms with Crippen molar-refractivity contribution in [2.45, 2.75) is 26.3 Å². The highest BCUT2D eigenvalue weighted by Crippen LogP contribution is 2.08. The van der Waals surface area contributed by atoms with E-state index in [4.69, 9.17) is 5.11 Å². The van der Waals surface area contributed by atoms with Crippen molar-refractivity contribution in [1.29, 1.82) is 0 Å². The molecular formula is C13H15N3O3. The molecule has 0 saturated heterocycles. The van der Waals surface area contributed by atoms with Gasteiger partial charge in [0.2, 0.25) is 0 Å². The molecule has 100 valence electrons. The first-order valence-electron chi connectivity index (χ1n) is 6.01. The Labute approximate surface area is 110 Å². The molecule has 1 atom stereocenters. The van der Waals surface area contributed by atoms with E-state index in [0.29, 0.717) is 12.1 Å². The monoisotopic (exact) mass is 261 g/mol. The largest absolute Gasteiger partial charge is 0.480 e. The van der Waals surface area contributed by atoms with Gasteiger partial charge < -0.3 is 14.8 Å². The van der Waals surface area contributed by atoms with E-state index in [9.17, 15) is 9.59 Å². The van der Waals surface area contributed by atoms with Crippen LogP contribution in [0.4, 0.5) is 0 Å². The zero-order valence-electron chi connectivity index (χ0n) is 10.8. The van der Waals surface area contributed by atoms with Crippen molar-refractivity contribution in [3.05, 3.63) is 35.8 Å². The molecule has 0 aliphatic heterocycles. The molecular weight excluding hydrogens is 246 g/mol. The fourth-order valence-corrected chi connectivity index (χ4v) is 1.83. The molecule has 2 N–H and O–H groups in total. The molecule has 0 aliphatic carbocycles. The first kappa shape index (κ1) is 13.1. The number of hydrogen-bond acceptors (Lipinski definition) is 3. The quantitative estimate of drug-likeness (QED) is 0.867. The van der Waals surface area contributed by atoms with Gasteiger partial charge in [0, 0.05) is 11.9 Å². The topological polar surface area (TPSA) is 83.7 Å². The molecule has 0 radical (unpaired) electrons. The second-order valence-electron chi connectivity index (χ2n) is 4.29. The Morgan fingerprint density at radius 1 is 1.47 bits per heavy atom. The lowest BCUT2D eigenvalue weighted by Crippen LogP contribution is -2.40. The van der Waals surface area contributed by atoms with Crippen LogP contribution in [0.25, 0.3) is 5.65 Å². The van der Waals surface area contributed by atoms with Gasteiger partial charge in [0.05, 0.1) is 0 Å². The fraction of sp³-hybridized carbons (Fsp3) is 0.308. The molecule has 2 aromatic heterocycles. The molecule has 6 nitrogen and oxygen atoms in total. The summed E-state index contributed by atoms with van der Waals surface area (Å²) in [7, 11) is 0. The summed E-state index contributed by atoms with van der Waals surface area (Å²) in [5.74, 6) is -1.52. The molecule has 0 spiro atoms. The number of aryl methyl sites for hydroxylation is 1. The maximum atomic E-state index is 11.9. The van der Waals surface area contributed by atoms with Gasteiger partial charge in [-0.2, -0.15) is 0 Å². The molecule has 2 aromatic rings. The van der Waals surface area contributed by atoms with Crippen LogP contribution in [0.5, 0.6) is 0 Å². The molecule has 0 saturated carbocycles. The van der Waals surface area contributed by atoms with Gasteiger partial charge >= 0.3 is 5.97 Å². The van der Waals surface area contributed by atoms with Crippen molar-refractivity contribution in [3.8, 4) is 0 Å². The Hall–Kier alpha value is -2.37. The van der Waals surface area contributed by atoms with Crippen LogP contribution >= 0.6 is 0 Å². The van der Waals surface area contributed by atoms with Crippen molar-refractivity contribution >= 4 is 17.5 Å². The van der Waals surface area contributed by atoms with Crippen molar-refractivity contribution in [3.63, 3.8) is 0 Å². The average Bonchev–Trinajstić information content (AvgIpc) is 2.80. The Morgan fingerprint density at radius 2 is 2.21 bits per heavy atom. The highest BCUT2D eigenvalue weighted by Gasteiger charge is 2.20. The number of carboxylic acids is 1. The summed E-state index contributed by atoms with van der Waals surface area (Å²) in [6.45, 7) is 3.61. The number of pyridine rings is 1. The third-order valence-corrected chi connectivity index (χ3v) is 2.94. The fourth-order valence-electron chi connectivity index (χ4n) is 1.83. The predicted molar refractivity (Wildman–Crippen MR) is 69.1 cm³/mol. The number of aromatic nitrogens is 2. The third kappa shape index (κ3) is 2.57. The number of amides is 1. The SMILES string of the molecule is CCC(NC(=O)c1cn2c(C)cccc2n1)C(=O)O. The van der Waals surface area contributed by atoms with E-state index in [2.05, 4.69) is 10.3 Å². The minimum absolute atomic E-state index is 0.217. The summed E-state index contributed by atoms with van der Waals surface area (Å²) in [6, 6.07) is 4.66. The predicted octanol–water partition coefficient (Wildman–Crippen LogP) is 1.24. The second-order valence-corrected chi connectivity index (χ2v) is 4.29. The van der Waals surface area contributed by atoms with Crippen LogP contribution in [-0.2, 0) is 4.79 Å². The number of nitrogens with one attached hydrogen (secondary N) is 1. The van der Waals surface area contributed by atoms with Gasteiger partial charge in [-0.05, 0) is 25.5 Å². The Bertz CT molecular complexity index is 633. The van der Waals surface area contributed by atoms with Gasteiger partial charge in [-0.25, -0.2) is 9.78 Å². The highest BCUT2D eigenvalue weighted by atomic mass is 16.4. The number of aliphatic carboxylic acids is 1. The van der Waals surface area contributed by atoms with Crippen LogP contribution in [0.15, 0.2) is 24.4 Å². The van der Waals surface area contributed by atoms with E-state index in [1.54, 1.807) is 23.6 Å². The molecule has 1 unspecified atom stereocenters. The van der Waals surface area contributed by atoms with Gasteiger partial charge in [-0.3, -0.25) is 4.79 Å². The molecule has 0 aromatic carbocycles. The first-order valence-corrected chi connectivity index (χ1v) is 6.01. The molecule has 2 rings (SSSR count). The lowest BCUT2D eigenvalue weighted by atomic mass is 10.2. The van der Waals surface area contributed by atoms with Crippen molar-refractivity contribution < 1.29 is 14.7 Å². The van der Waals surface area contributed by atoms with E-state index in [-0.39, 0.29) is 5.69 Å². The molecule has 1 amide bonds. The first-order chi connectivity index (χ1) is 9.02. The van der Waals surface area contributed by atoms with E-state index < -0.39 is 17.9 Å². The number of carboxylic acid groups (broad SMARTS) is 1. The molecule has 0 bridgehead atoms. The Kier molecular flexibility index (Phi) is 3.50. The summed E-state index contributed by atoms with van der Waals surface area (Å²) in [5, 5.41) is 11.4. The summed E-state index contributed by atoms with van der Waals surface area (Å²) < 4.78 is 1.79. The van der Waals surface area contributed by atoms with E-state index >= 15 is 0 Å². The minimum atomic E-state index is -1.05. The van der Waals surface area contributed by atoms with Crippen LogP contribution in [0.2, 0.25) is 0 Å². The Balaban J connectivity index is 2.27. The number of rotatable bonds is 4. The highest BCUT2D eigenvalue weighted by molar-refractivity contribution is 5.95. The molecule has 0 fully saturated rings. The van der Waals surface area contributed by atoms with Crippen LogP contribution < -0.4 is 5.32 Å².